The minimum Gasteiger partial charge on any atom is -0.350 e. The highest BCUT2D eigenvalue weighted by molar-refractivity contribution is 5.96. The summed E-state index contributed by atoms with van der Waals surface area (Å²) in [6.07, 6.45) is 3.66. The van der Waals surface area contributed by atoms with Gasteiger partial charge in [-0.3, -0.25) is 9.59 Å². The smallest absolute Gasteiger partial charge is 0.246 e. The SMILES string of the molecule is C=CC(=O)N1Cc2ccc(NC(=O)Cc3cn(C)c4ccccc34)cc2C1. The lowest BCUT2D eigenvalue weighted by atomic mass is 10.1. The Bertz CT molecular complexity index is 1060. The van der Waals surface area contributed by atoms with Gasteiger partial charge >= 0.3 is 0 Å². The zero-order valence-corrected chi connectivity index (χ0v) is 15.2. The van der Waals surface area contributed by atoms with Crippen molar-refractivity contribution in [3.05, 3.63) is 78.0 Å². The number of hydrogen-bond donors (Lipinski definition) is 1. The fraction of sp³-hybridized carbons (Fsp3) is 0.182. The summed E-state index contributed by atoms with van der Waals surface area (Å²) in [6, 6.07) is 13.9. The van der Waals surface area contributed by atoms with Crippen molar-refractivity contribution in [3.8, 4) is 0 Å². The summed E-state index contributed by atoms with van der Waals surface area (Å²) >= 11 is 0. The Kier molecular flexibility index (Phi) is 4.28. The molecule has 0 aliphatic carbocycles. The molecule has 1 aromatic heterocycles. The lowest BCUT2D eigenvalue weighted by Gasteiger charge is -2.11. The number of nitrogens with zero attached hydrogens (tertiary/aromatic N) is 2. The first kappa shape index (κ1) is 17.1. The molecule has 3 aromatic rings. The number of amides is 2. The lowest BCUT2D eigenvalue weighted by molar-refractivity contribution is -0.126. The first-order valence-electron chi connectivity index (χ1n) is 8.91. The van der Waals surface area contributed by atoms with E-state index in [0.29, 0.717) is 19.5 Å². The van der Waals surface area contributed by atoms with Crippen LogP contribution in [0.3, 0.4) is 0 Å². The average molecular weight is 359 g/mol. The number of aryl methyl sites for hydroxylation is 1. The van der Waals surface area contributed by atoms with Gasteiger partial charge in [0.25, 0.3) is 0 Å². The van der Waals surface area contributed by atoms with Gasteiger partial charge in [-0.2, -0.15) is 0 Å². The van der Waals surface area contributed by atoms with Crippen LogP contribution in [0.25, 0.3) is 10.9 Å². The molecule has 27 heavy (non-hydrogen) atoms. The zero-order chi connectivity index (χ0) is 19.0. The molecular weight excluding hydrogens is 338 g/mol. The molecule has 0 radical (unpaired) electrons. The number of para-hydroxylation sites is 1. The van der Waals surface area contributed by atoms with E-state index in [1.807, 2.05) is 60.3 Å². The number of carbonyl (C=O) groups is 2. The molecular formula is C22H21N3O2. The van der Waals surface area contributed by atoms with Gasteiger partial charge in [0.1, 0.15) is 0 Å². The minimum atomic E-state index is -0.0762. The van der Waals surface area contributed by atoms with Crippen molar-refractivity contribution in [1.29, 1.82) is 0 Å². The number of rotatable bonds is 4. The van der Waals surface area contributed by atoms with Gasteiger partial charge in [-0.1, -0.05) is 30.8 Å². The molecule has 2 amide bonds. The molecule has 0 saturated carbocycles. The van der Waals surface area contributed by atoms with Gasteiger partial charge in [0.05, 0.1) is 6.42 Å². The van der Waals surface area contributed by atoms with Crippen LogP contribution in [0.5, 0.6) is 0 Å². The second-order valence-electron chi connectivity index (χ2n) is 6.89. The van der Waals surface area contributed by atoms with Crippen molar-refractivity contribution >= 4 is 28.4 Å². The van der Waals surface area contributed by atoms with Gasteiger partial charge in [-0.15, -0.1) is 0 Å². The van der Waals surface area contributed by atoms with Crippen LogP contribution in [0.4, 0.5) is 5.69 Å². The van der Waals surface area contributed by atoms with Crippen molar-refractivity contribution < 1.29 is 9.59 Å². The predicted octanol–water partition coefficient (Wildman–Crippen LogP) is 3.39. The Hall–Kier alpha value is -3.34. The highest BCUT2D eigenvalue weighted by Crippen LogP contribution is 2.26. The fourth-order valence-corrected chi connectivity index (χ4v) is 3.70. The molecule has 0 spiro atoms. The van der Waals surface area contributed by atoms with E-state index in [1.165, 1.54) is 6.08 Å². The van der Waals surface area contributed by atoms with Crippen LogP contribution in [-0.4, -0.2) is 21.3 Å². The van der Waals surface area contributed by atoms with E-state index < -0.39 is 0 Å². The molecule has 1 aliphatic rings. The second kappa shape index (κ2) is 6.76. The molecule has 1 aliphatic heterocycles. The third-order valence-corrected chi connectivity index (χ3v) is 5.03. The molecule has 2 aromatic carbocycles. The standard InChI is InChI=1S/C22H21N3O2/c1-3-22(27)25-13-15-8-9-18(10-16(15)14-25)23-21(26)11-17-12-24(2)20-7-5-4-6-19(17)20/h3-10,12H,1,11,13-14H2,2H3,(H,23,26). The van der Waals surface area contributed by atoms with Gasteiger partial charge in [-0.05, 0) is 41.0 Å². The van der Waals surface area contributed by atoms with E-state index in [4.69, 9.17) is 0 Å². The number of aromatic nitrogens is 1. The molecule has 0 saturated heterocycles. The van der Waals surface area contributed by atoms with Crippen molar-refractivity contribution in [1.82, 2.24) is 9.47 Å². The van der Waals surface area contributed by atoms with Crippen LogP contribution >= 0.6 is 0 Å². The number of fused-ring (bicyclic) bond motifs is 2. The van der Waals surface area contributed by atoms with Gasteiger partial charge in [0.2, 0.25) is 11.8 Å². The molecule has 0 unspecified atom stereocenters. The monoisotopic (exact) mass is 359 g/mol. The fourth-order valence-electron chi connectivity index (χ4n) is 3.70. The van der Waals surface area contributed by atoms with E-state index in [2.05, 4.69) is 11.9 Å². The van der Waals surface area contributed by atoms with Gasteiger partial charge in [0, 0.05) is 42.9 Å². The van der Waals surface area contributed by atoms with E-state index in [1.54, 1.807) is 4.90 Å². The van der Waals surface area contributed by atoms with Crippen molar-refractivity contribution in [3.63, 3.8) is 0 Å². The van der Waals surface area contributed by atoms with Crippen LogP contribution in [0.2, 0.25) is 0 Å². The number of hydrogen-bond acceptors (Lipinski definition) is 2. The summed E-state index contributed by atoms with van der Waals surface area (Å²) in [5.74, 6) is -0.129. The summed E-state index contributed by atoms with van der Waals surface area (Å²) in [4.78, 5) is 26.1. The molecule has 0 fully saturated rings. The van der Waals surface area contributed by atoms with Crippen LogP contribution in [0, 0.1) is 0 Å². The normalized spacial score (nSPS) is 12.9. The maximum absolute atomic E-state index is 12.6. The molecule has 5 nitrogen and oxygen atoms in total. The summed E-state index contributed by atoms with van der Waals surface area (Å²) in [5.41, 5.74) is 5.05. The number of benzene rings is 2. The molecule has 0 bridgehead atoms. The summed E-state index contributed by atoms with van der Waals surface area (Å²) in [6.45, 7) is 4.67. The van der Waals surface area contributed by atoms with Crippen molar-refractivity contribution in [2.75, 3.05) is 5.32 Å². The van der Waals surface area contributed by atoms with E-state index in [-0.39, 0.29) is 11.8 Å². The van der Waals surface area contributed by atoms with Crippen molar-refractivity contribution in [2.45, 2.75) is 19.5 Å². The summed E-state index contributed by atoms with van der Waals surface area (Å²) in [7, 11) is 1.99. The third kappa shape index (κ3) is 3.24. The minimum absolute atomic E-state index is 0.0525. The third-order valence-electron chi connectivity index (χ3n) is 5.03. The number of anilines is 1. The largest absolute Gasteiger partial charge is 0.350 e. The molecule has 4 rings (SSSR count). The summed E-state index contributed by atoms with van der Waals surface area (Å²) in [5, 5.41) is 4.08. The maximum atomic E-state index is 12.6. The first-order chi connectivity index (χ1) is 13.0. The average Bonchev–Trinajstić information content (AvgIpc) is 3.22. The molecule has 0 atom stereocenters. The summed E-state index contributed by atoms with van der Waals surface area (Å²) < 4.78 is 2.04. The van der Waals surface area contributed by atoms with E-state index >= 15 is 0 Å². The zero-order valence-electron chi connectivity index (χ0n) is 15.2. The maximum Gasteiger partial charge on any atom is 0.246 e. The first-order valence-corrected chi connectivity index (χ1v) is 8.91. The highest BCUT2D eigenvalue weighted by atomic mass is 16.2. The molecule has 1 N–H and O–H groups in total. The highest BCUT2D eigenvalue weighted by Gasteiger charge is 2.22. The topological polar surface area (TPSA) is 54.3 Å². The van der Waals surface area contributed by atoms with E-state index in [0.717, 1.165) is 33.3 Å². The Balaban J connectivity index is 1.48. The van der Waals surface area contributed by atoms with Gasteiger partial charge in [-0.25, -0.2) is 0 Å². The Morgan fingerprint density at radius 1 is 1.15 bits per heavy atom. The lowest BCUT2D eigenvalue weighted by Crippen LogP contribution is -2.22. The van der Waals surface area contributed by atoms with Crippen molar-refractivity contribution in [2.24, 2.45) is 7.05 Å². The van der Waals surface area contributed by atoms with Crippen LogP contribution in [0.15, 0.2) is 61.3 Å². The van der Waals surface area contributed by atoms with Gasteiger partial charge in [0.15, 0.2) is 0 Å². The Morgan fingerprint density at radius 2 is 1.93 bits per heavy atom. The molecule has 5 heteroatoms. The second-order valence-corrected chi connectivity index (χ2v) is 6.89. The van der Waals surface area contributed by atoms with Crippen LogP contribution in [-0.2, 0) is 36.1 Å². The predicted molar refractivity (Wildman–Crippen MR) is 106 cm³/mol. The number of nitrogens with one attached hydrogen (secondary N) is 1. The molecule has 136 valence electrons. The number of carbonyl (C=O) groups excluding carboxylic acids is 2. The molecule has 2 heterocycles. The van der Waals surface area contributed by atoms with Crippen LogP contribution < -0.4 is 5.32 Å². The van der Waals surface area contributed by atoms with Gasteiger partial charge < -0.3 is 14.8 Å². The Labute approximate surface area is 157 Å². The quantitative estimate of drug-likeness (QED) is 0.726. The van der Waals surface area contributed by atoms with Crippen LogP contribution in [0.1, 0.15) is 16.7 Å². The van der Waals surface area contributed by atoms with E-state index in [9.17, 15) is 9.59 Å². The Morgan fingerprint density at radius 3 is 2.74 bits per heavy atom.